The first kappa shape index (κ1) is 56.3. The van der Waals surface area contributed by atoms with Crippen LogP contribution in [0.25, 0.3) is 43.9 Å². The van der Waals surface area contributed by atoms with E-state index in [4.69, 9.17) is 8.83 Å². The van der Waals surface area contributed by atoms with Gasteiger partial charge in [0.25, 0.3) is 13.4 Å². The van der Waals surface area contributed by atoms with Gasteiger partial charge in [-0.1, -0.05) is 194 Å². The van der Waals surface area contributed by atoms with E-state index < -0.39 is 0 Å². The molecule has 100 heavy (non-hydrogen) atoms. The molecule has 2 aromatic heterocycles. The summed E-state index contributed by atoms with van der Waals surface area (Å²) in [6.07, 6.45) is 9.91. The number of fused-ring (bicyclic) bond motifs is 16. The second-order valence-electron chi connectivity index (χ2n) is 26.6. The molecule has 6 heterocycles. The number of hydrogen-bond acceptors (Lipinski definition) is 8. The van der Waals surface area contributed by atoms with Gasteiger partial charge in [-0.05, 0) is 179 Å². The lowest BCUT2D eigenvalue weighted by Gasteiger charge is -2.48. The lowest BCUT2D eigenvalue weighted by atomic mass is 9.30. The molecule has 0 N–H and O–H groups in total. The molecule has 0 bridgehead atoms. The highest BCUT2D eigenvalue weighted by Crippen LogP contribution is 2.54. The molecule has 0 saturated carbocycles. The minimum Gasteiger partial charge on any atom is -0.454 e. The Balaban J connectivity index is 0.850. The van der Waals surface area contributed by atoms with Crippen molar-refractivity contribution in [3.8, 4) is 0 Å². The molecule has 8 nitrogen and oxygen atoms in total. The van der Waals surface area contributed by atoms with Crippen molar-refractivity contribution in [2.75, 3.05) is 29.4 Å². The van der Waals surface area contributed by atoms with Gasteiger partial charge in [0.15, 0.2) is 11.2 Å². The average Bonchev–Trinajstić information content (AvgIpc) is 1.09. The van der Waals surface area contributed by atoms with Crippen molar-refractivity contribution in [2.45, 2.75) is 12.5 Å². The summed E-state index contributed by atoms with van der Waals surface area (Å²) in [4.78, 5) is 14.9. The molecule has 10 heteroatoms. The number of rotatable bonds is 10. The van der Waals surface area contributed by atoms with Crippen LogP contribution in [0.5, 0.6) is 0 Å². The standard InChI is InChI=1S/C90H60B2N6O2/c1-9-29-59(30-10-1)93(60-31-11-2-12-32-60)67-49-51-69-71-55-81-85-87(89(71)99-83(69)53-67)97(65-41-21-7-22-42-65)77-47-27-25-45-73(77)91(85)75-57-76-80(58-79(75)95(81)63-37-17-5-18-38-63)96(64-39-19-6-20-40-64)82-56-72-70-52-50-68(94(61-33-13-3-14-34-61)62-35-15-4-16-36-62)54-84(70)100-90(72)88-86(82)92(76)74-46-26-28-48-78(74)98(88)66-43-23-8-24-44-66/h1-43,45-58,66H,44H2. The van der Waals surface area contributed by atoms with Crippen LogP contribution in [-0.2, 0) is 0 Å². The summed E-state index contributed by atoms with van der Waals surface area (Å²) in [7, 11) is 0. The van der Waals surface area contributed by atoms with Gasteiger partial charge in [0.2, 0.25) is 0 Å². The van der Waals surface area contributed by atoms with E-state index in [2.05, 4.69) is 375 Å². The second-order valence-corrected chi connectivity index (χ2v) is 26.6. The summed E-state index contributed by atoms with van der Waals surface area (Å²) in [6, 6.07) is 117. The summed E-state index contributed by atoms with van der Waals surface area (Å²) in [5.41, 5.74) is 29.0. The highest BCUT2D eigenvalue weighted by atomic mass is 16.3. The van der Waals surface area contributed by atoms with Gasteiger partial charge in [-0.3, -0.25) is 0 Å². The first-order chi connectivity index (χ1) is 49.7. The molecule has 5 aliphatic rings. The molecule has 1 unspecified atom stereocenters. The second kappa shape index (κ2) is 22.3. The van der Waals surface area contributed by atoms with Crippen LogP contribution in [0.3, 0.4) is 0 Å². The van der Waals surface area contributed by atoms with E-state index in [1.807, 2.05) is 0 Å². The Labute approximate surface area is 579 Å². The Kier molecular flexibility index (Phi) is 12.6. The molecule has 1 atom stereocenters. The van der Waals surface area contributed by atoms with Gasteiger partial charge in [0.05, 0.1) is 17.4 Å². The van der Waals surface area contributed by atoms with Gasteiger partial charge in [-0.15, -0.1) is 0 Å². The van der Waals surface area contributed by atoms with E-state index in [9.17, 15) is 0 Å². The Hall–Kier alpha value is -12.9. The third-order valence-electron chi connectivity index (χ3n) is 21.2. The van der Waals surface area contributed by atoms with Gasteiger partial charge in [0.1, 0.15) is 11.2 Å². The van der Waals surface area contributed by atoms with E-state index in [1.54, 1.807) is 0 Å². The van der Waals surface area contributed by atoms with Crippen LogP contribution < -0.4 is 62.2 Å². The normalized spacial score (nSPS) is 14.5. The van der Waals surface area contributed by atoms with Crippen LogP contribution in [0.1, 0.15) is 6.42 Å². The van der Waals surface area contributed by atoms with Gasteiger partial charge in [-0.25, -0.2) is 0 Å². The number of nitrogens with zero attached hydrogens (tertiary/aromatic N) is 6. The van der Waals surface area contributed by atoms with E-state index >= 15 is 0 Å². The minimum absolute atomic E-state index is 0.00122. The average molecular weight is 1280 g/mol. The van der Waals surface area contributed by atoms with Gasteiger partial charge in [0, 0.05) is 119 Å². The van der Waals surface area contributed by atoms with Crippen molar-refractivity contribution in [3.05, 3.63) is 346 Å². The van der Waals surface area contributed by atoms with Gasteiger partial charge >= 0.3 is 0 Å². The fraction of sp³-hybridized carbons (Fsp3) is 0.0222. The zero-order chi connectivity index (χ0) is 65.5. The van der Waals surface area contributed by atoms with Crippen LogP contribution in [0, 0.1) is 0 Å². The van der Waals surface area contributed by atoms with Crippen molar-refractivity contribution < 1.29 is 8.83 Å². The highest BCUT2D eigenvalue weighted by molar-refractivity contribution is 7.03. The zero-order valence-corrected chi connectivity index (χ0v) is 54.3. The molecule has 4 aliphatic heterocycles. The first-order valence-corrected chi connectivity index (χ1v) is 34.6. The van der Waals surface area contributed by atoms with Crippen LogP contribution in [-0.4, -0.2) is 19.5 Å². The third kappa shape index (κ3) is 8.43. The topological polar surface area (TPSA) is 45.7 Å². The maximum absolute atomic E-state index is 7.65. The predicted octanol–water partition coefficient (Wildman–Crippen LogP) is 20.1. The number of hydrogen-bond donors (Lipinski definition) is 0. The highest BCUT2D eigenvalue weighted by Gasteiger charge is 2.50. The number of anilines is 17. The van der Waals surface area contributed by atoms with Crippen LogP contribution in [0.4, 0.5) is 96.7 Å². The number of allylic oxidation sites excluding steroid dienone is 2. The molecule has 1 aliphatic carbocycles. The van der Waals surface area contributed by atoms with Crippen LogP contribution >= 0.6 is 0 Å². The minimum atomic E-state index is -0.236. The first-order valence-electron chi connectivity index (χ1n) is 34.6. The summed E-state index contributed by atoms with van der Waals surface area (Å²) >= 11 is 0. The molecule has 14 aromatic carbocycles. The van der Waals surface area contributed by atoms with E-state index in [1.165, 1.54) is 38.5 Å². The molecule has 16 aromatic rings. The maximum Gasteiger partial charge on any atom is 0.252 e. The molecule has 0 radical (unpaired) electrons. The molecule has 0 amide bonds. The largest absolute Gasteiger partial charge is 0.454 e. The van der Waals surface area contributed by atoms with Crippen molar-refractivity contribution in [1.29, 1.82) is 0 Å². The molecule has 0 spiro atoms. The lowest BCUT2D eigenvalue weighted by Crippen LogP contribution is -2.65. The Morgan fingerprint density at radius 3 is 1.16 bits per heavy atom. The SMILES string of the molecule is C1=CCC(N2c3ccccc3B3c4cc5c(cc4N(c4ccccc4)c4cc6c(oc7cc(N(c8ccccc8)c8ccccc8)ccc76)c2c43)N(c2ccccc2)c2cc3c(oc4cc(N(c6ccccc6)c6ccccc6)ccc43)c3c2B5c2ccccc2N3c2ccccc2)C=C1. The van der Waals surface area contributed by atoms with Gasteiger partial charge in [-0.2, -0.15) is 0 Å². The van der Waals surface area contributed by atoms with Crippen molar-refractivity contribution in [1.82, 2.24) is 0 Å². The summed E-state index contributed by atoms with van der Waals surface area (Å²) < 4.78 is 15.3. The zero-order valence-electron chi connectivity index (χ0n) is 54.3. The molecule has 468 valence electrons. The molecule has 0 fully saturated rings. The number of furan rings is 2. The lowest BCUT2D eigenvalue weighted by molar-refractivity contribution is 0.665. The summed E-state index contributed by atoms with van der Waals surface area (Å²) in [6.45, 7) is -0.454. The maximum atomic E-state index is 7.65. The molecular formula is C90H60B2N6O2. The molecular weight excluding hydrogens is 1220 g/mol. The third-order valence-corrected chi connectivity index (χ3v) is 21.2. The van der Waals surface area contributed by atoms with Crippen molar-refractivity contribution >= 4 is 187 Å². The summed E-state index contributed by atoms with van der Waals surface area (Å²) in [5.74, 6) is 0. The fourth-order valence-corrected chi connectivity index (χ4v) is 17.1. The smallest absolute Gasteiger partial charge is 0.252 e. The van der Waals surface area contributed by atoms with Gasteiger partial charge < -0.3 is 38.2 Å². The number of para-hydroxylation sites is 9. The summed E-state index contributed by atoms with van der Waals surface area (Å²) in [5, 5.41) is 4.20. The Morgan fingerprint density at radius 1 is 0.300 bits per heavy atom. The predicted molar refractivity (Wildman–Crippen MR) is 419 cm³/mol. The quantitative estimate of drug-likeness (QED) is 0.126. The Morgan fingerprint density at radius 2 is 0.700 bits per heavy atom. The van der Waals surface area contributed by atoms with Crippen LogP contribution in [0.15, 0.2) is 355 Å². The molecule has 21 rings (SSSR count). The molecule has 0 saturated heterocycles. The van der Waals surface area contributed by atoms with Crippen molar-refractivity contribution in [2.24, 2.45) is 0 Å². The van der Waals surface area contributed by atoms with Crippen LogP contribution in [0.2, 0.25) is 0 Å². The van der Waals surface area contributed by atoms with Crippen molar-refractivity contribution in [3.63, 3.8) is 0 Å². The van der Waals surface area contributed by atoms with E-state index in [0.29, 0.717) is 0 Å². The van der Waals surface area contributed by atoms with E-state index in [-0.39, 0.29) is 19.5 Å². The van der Waals surface area contributed by atoms with E-state index in [0.717, 1.165) is 141 Å². The monoisotopic (exact) mass is 1280 g/mol. The number of benzene rings is 14. The fourth-order valence-electron chi connectivity index (χ4n) is 17.1. The Bertz CT molecular complexity index is 5930.